The highest BCUT2D eigenvalue weighted by atomic mass is 19.4. The predicted octanol–water partition coefficient (Wildman–Crippen LogP) is 2.25. The van der Waals surface area contributed by atoms with Crippen LogP contribution in [0, 0.1) is 0 Å². The number of halogens is 3. The lowest BCUT2D eigenvalue weighted by molar-refractivity contribution is -0.108. The fourth-order valence-electron chi connectivity index (χ4n) is 0.477. The Morgan fingerprint density at radius 2 is 1.91 bits per heavy atom. The molecule has 0 aliphatic heterocycles. The quantitative estimate of drug-likeness (QED) is 0.347. The summed E-state index contributed by atoms with van der Waals surface area (Å²) >= 11 is 0. The van der Waals surface area contributed by atoms with Crippen LogP contribution in [0.5, 0.6) is 0 Å². The van der Waals surface area contributed by atoms with Crippen LogP contribution in [-0.2, 0) is 4.79 Å². The molecule has 1 nitrogen and oxygen atoms in total. The molecular formula is C7H7F3O. The molecule has 4 heteroatoms. The number of alkyl halides is 3. The molecule has 62 valence electrons. The second kappa shape index (κ2) is 3.37. The van der Waals surface area contributed by atoms with Gasteiger partial charge in [-0.2, -0.15) is 13.2 Å². The average molecular weight is 164 g/mol. The normalized spacial score (nSPS) is 12.9. The van der Waals surface area contributed by atoms with E-state index in [2.05, 4.69) is 6.58 Å². The largest absolute Gasteiger partial charge is 0.416 e. The highest BCUT2D eigenvalue weighted by molar-refractivity contribution is 5.80. The van der Waals surface area contributed by atoms with Crippen LogP contribution in [0.4, 0.5) is 13.2 Å². The van der Waals surface area contributed by atoms with Crippen LogP contribution in [0.2, 0.25) is 0 Å². The van der Waals surface area contributed by atoms with E-state index in [0.29, 0.717) is 0 Å². The van der Waals surface area contributed by atoms with Gasteiger partial charge in [0.25, 0.3) is 0 Å². The van der Waals surface area contributed by atoms with Crippen molar-refractivity contribution in [1.29, 1.82) is 0 Å². The maximum absolute atomic E-state index is 11.8. The van der Waals surface area contributed by atoms with Crippen LogP contribution >= 0.6 is 0 Å². The summed E-state index contributed by atoms with van der Waals surface area (Å²) in [5.41, 5.74) is -1.52. The molecule has 0 bridgehead atoms. The van der Waals surface area contributed by atoms with Gasteiger partial charge in [0, 0.05) is 5.57 Å². The second-order valence-electron chi connectivity index (χ2n) is 1.84. The van der Waals surface area contributed by atoms with Crippen molar-refractivity contribution in [3.63, 3.8) is 0 Å². The van der Waals surface area contributed by atoms with E-state index in [1.165, 1.54) is 6.92 Å². The summed E-state index contributed by atoms with van der Waals surface area (Å²) in [5, 5.41) is 0. The zero-order valence-electron chi connectivity index (χ0n) is 5.90. The lowest BCUT2D eigenvalue weighted by atomic mass is 10.1. The summed E-state index contributed by atoms with van der Waals surface area (Å²) in [7, 11) is 0. The summed E-state index contributed by atoms with van der Waals surface area (Å²) in [5.74, 6) is 0. The minimum absolute atomic E-state index is 0.135. The molecule has 0 saturated carbocycles. The maximum Gasteiger partial charge on any atom is 0.416 e. The highest BCUT2D eigenvalue weighted by Crippen LogP contribution is 2.28. The van der Waals surface area contributed by atoms with Crippen molar-refractivity contribution in [3.05, 3.63) is 23.8 Å². The Bertz CT molecular complexity index is 200. The Morgan fingerprint density at radius 3 is 2.00 bits per heavy atom. The van der Waals surface area contributed by atoms with Crippen molar-refractivity contribution in [2.24, 2.45) is 0 Å². The first kappa shape index (κ1) is 9.94. The summed E-state index contributed by atoms with van der Waals surface area (Å²) in [6.45, 7) is 4.09. The van der Waals surface area contributed by atoms with Gasteiger partial charge in [-0.25, -0.2) is 0 Å². The van der Waals surface area contributed by atoms with Gasteiger partial charge in [-0.1, -0.05) is 12.7 Å². The van der Waals surface area contributed by atoms with E-state index < -0.39 is 17.3 Å². The Labute approximate surface area is 62.2 Å². The van der Waals surface area contributed by atoms with Crippen molar-refractivity contribution in [2.45, 2.75) is 13.1 Å². The topological polar surface area (TPSA) is 17.1 Å². The van der Waals surface area contributed by atoms with E-state index in [0.717, 1.165) is 6.08 Å². The molecule has 0 N–H and O–H groups in total. The molecule has 0 aromatic carbocycles. The number of carbonyl (C=O) groups is 1. The molecule has 0 heterocycles. The smallest absolute Gasteiger partial charge is 0.298 e. The van der Waals surface area contributed by atoms with Gasteiger partial charge >= 0.3 is 6.18 Å². The van der Waals surface area contributed by atoms with E-state index >= 15 is 0 Å². The van der Waals surface area contributed by atoms with E-state index in [-0.39, 0.29) is 6.29 Å². The van der Waals surface area contributed by atoms with Crippen LogP contribution in [0.25, 0.3) is 0 Å². The lowest BCUT2D eigenvalue weighted by Crippen LogP contribution is -2.13. The molecule has 0 aliphatic carbocycles. The minimum atomic E-state index is -4.51. The standard InChI is InChI=1S/C7H7F3O/c1-3-6(4-11)5(2)7(8,9)10/h3-4H,2H2,1H3/b6-3-. The first-order valence-corrected chi connectivity index (χ1v) is 2.81. The Morgan fingerprint density at radius 1 is 1.45 bits per heavy atom. The molecule has 0 spiro atoms. The lowest BCUT2D eigenvalue weighted by Gasteiger charge is -2.07. The van der Waals surface area contributed by atoms with Gasteiger partial charge in [0.2, 0.25) is 0 Å². The van der Waals surface area contributed by atoms with Crippen LogP contribution in [0.3, 0.4) is 0 Å². The molecule has 0 rings (SSSR count). The molecule has 0 unspecified atom stereocenters. The molecule has 0 fully saturated rings. The van der Waals surface area contributed by atoms with Crippen molar-refractivity contribution in [3.8, 4) is 0 Å². The molecule has 0 aliphatic rings. The SMILES string of the molecule is C=C(/C(C=O)=C\C)C(F)(F)F. The third-order valence-corrected chi connectivity index (χ3v) is 1.13. The van der Waals surface area contributed by atoms with Crippen molar-refractivity contribution in [1.82, 2.24) is 0 Å². The van der Waals surface area contributed by atoms with Crippen LogP contribution in [0.1, 0.15) is 6.92 Å². The summed E-state index contributed by atoms with van der Waals surface area (Å²) in [6, 6.07) is 0. The first-order valence-electron chi connectivity index (χ1n) is 2.81. The average Bonchev–Trinajstić information content (AvgIpc) is 1.88. The van der Waals surface area contributed by atoms with Crippen LogP contribution in [-0.4, -0.2) is 12.5 Å². The number of hydrogen-bond acceptors (Lipinski definition) is 1. The third-order valence-electron chi connectivity index (χ3n) is 1.13. The molecule has 0 amide bonds. The zero-order chi connectivity index (χ0) is 9.07. The Hall–Kier alpha value is -1.06. The predicted molar refractivity (Wildman–Crippen MR) is 35.0 cm³/mol. The van der Waals surface area contributed by atoms with E-state index in [1.807, 2.05) is 0 Å². The zero-order valence-corrected chi connectivity index (χ0v) is 5.90. The Balaban J connectivity index is 4.62. The molecule has 0 atom stereocenters. The molecule has 0 aromatic rings. The van der Waals surface area contributed by atoms with E-state index in [9.17, 15) is 18.0 Å². The van der Waals surface area contributed by atoms with Crippen LogP contribution in [0.15, 0.2) is 23.8 Å². The van der Waals surface area contributed by atoms with Gasteiger partial charge in [0.15, 0.2) is 0 Å². The highest BCUT2D eigenvalue weighted by Gasteiger charge is 2.33. The van der Waals surface area contributed by atoms with Crippen molar-refractivity contribution in [2.75, 3.05) is 0 Å². The molecule has 0 radical (unpaired) electrons. The maximum atomic E-state index is 11.8. The number of carbonyl (C=O) groups excluding carboxylic acids is 1. The second-order valence-corrected chi connectivity index (χ2v) is 1.84. The van der Waals surface area contributed by atoms with Gasteiger partial charge in [-0.05, 0) is 6.92 Å². The minimum Gasteiger partial charge on any atom is -0.298 e. The summed E-state index contributed by atoms with van der Waals surface area (Å²) in [4.78, 5) is 10.00. The number of rotatable bonds is 2. The molecule has 0 aromatic heterocycles. The fraction of sp³-hybridized carbons (Fsp3) is 0.286. The summed E-state index contributed by atoms with van der Waals surface area (Å²) in [6.07, 6.45) is -3.30. The monoisotopic (exact) mass is 164 g/mol. The fourth-order valence-corrected chi connectivity index (χ4v) is 0.477. The Kier molecular flexibility index (Phi) is 3.04. The van der Waals surface area contributed by atoms with E-state index in [4.69, 9.17) is 0 Å². The number of aldehydes is 1. The third kappa shape index (κ3) is 2.57. The molecular weight excluding hydrogens is 157 g/mol. The van der Waals surface area contributed by atoms with Gasteiger partial charge in [-0.15, -0.1) is 0 Å². The van der Waals surface area contributed by atoms with Crippen molar-refractivity contribution < 1.29 is 18.0 Å². The van der Waals surface area contributed by atoms with Gasteiger partial charge in [0.1, 0.15) is 6.29 Å². The molecule has 0 saturated heterocycles. The summed E-state index contributed by atoms with van der Waals surface area (Å²) < 4.78 is 35.3. The molecule has 11 heavy (non-hydrogen) atoms. The van der Waals surface area contributed by atoms with Gasteiger partial charge in [-0.3, -0.25) is 4.79 Å². The van der Waals surface area contributed by atoms with Crippen molar-refractivity contribution >= 4 is 6.29 Å². The van der Waals surface area contributed by atoms with Gasteiger partial charge < -0.3 is 0 Å². The number of allylic oxidation sites excluding steroid dienone is 3. The first-order chi connectivity index (χ1) is 4.93. The number of hydrogen-bond donors (Lipinski definition) is 0. The van der Waals surface area contributed by atoms with Gasteiger partial charge in [0.05, 0.1) is 5.57 Å². The van der Waals surface area contributed by atoms with E-state index in [1.54, 1.807) is 0 Å². The van der Waals surface area contributed by atoms with Crippen LogP contribution < -0.4 is 0 Å².